The highest BCUT2D eigenvalue weighted by Crippen LogP contribution is 2.23. The van der Waals surface area contributed by atoms with Crippen LogP contribution >= 0.6 is 0 Å². The Morgan fingerprint density at radius 3 is 2.56 bits per heavy atom. The number of nitrogens with zero attached hydrogens (tertiary/aromatic N) is 4. The molecule has 0 aliphatic carbocycles. The summed E-state index contributed by atoms with van der Waals surface area (Å²) in [6.07, 6.45) is 7.41. The van der Waals surface area contributed by atoms with Gasteiger partial charge in [-0.3, -0.25) is 0 Å². The van der Waals surface area contributed by atoms with Crippen LogP contribution in [0.15, 0.2) is 12.4 Å². The lowest BCUT2D eigenvalue weighted by Gasteiger charge is -2.31. The minimum Gasteiger partial charge on any atom is -0.396 e. The van der Waals surface area contributed by atoms with E-state index in [0.29, 0.717) is 18.1 Å². The van der Waals surface area contributed by atoms with Crippen molar-refractivity contribution in [3.63, 3.8) is 0 Å². The SMILES string of the molecule is N#Cc1cnc(N2CCC(CCCO)CC2)nc1. The maximum Gasteiger partial charge on any atom is 0.225 e. The van der Waals surface area contributed by atoms with Crippen LogP contribution in [-0.2, 0) is 0 Å². The second-order valence-electron chi connectivity index (χ2n) is 4.68. The van der Waals surface area contributed by atoms with Gasteiger partial charge in [0.15, 0.2) is 0 Å². The van der Waals surface area contributed by atoms with E-state index < -0.39 is 0 Å². The minimum atomic E-state index is 0.291. The summed E-state index contributed by atoms with van der Waals surface area (Å²) < 4.78 is 0. The zero-order valence-corrected chi connectivity index (χ0v) is 10.4. The first-order valence-electron chi connectivity index (χ1n) is 6.41. The van der Waals surface area contributed by atoms with Gasteiger partial charge in [-0.1, -0.05) is 0 Å². The standard InChI is InChI=1S/C13H18N4O/c14-8-12-9-15-13(16-10-12)17-5-3-11(4-6-17)2-1-7-18/h9-11,18H,1-7H2. The molecule has 0 radical (unpaired) electrons. The molecule has 1 fully saturated rings. The van der Waals surface area contributed by atoms with Crippen LogP contribution < -0.4 is 4.90 Å². The van der Waals surface area contributed by atoms with Crippen molar-refractivity contribution < 1.29 is 5.11 Å². The van der Waals surface area contributed by atoms with E-state index >= 15 is 0 Å². The molecule has 5 heteroatoms. The molecule has 0 saturated carbocycles. The summed E-state index contributed by atoms with van der Waals surface area (Å²) in [4.78, 5) is 10.6. The largest absolute Gasteiger partial charge is 0.396 e. The zero-order valence-electron chi connectivity index (χ0n) is 10.4. The monoisotopic (exact) mass is 246 g/mol. The fourth-order valence-electron chi connectivity index (χ4n) is 2.34. The molecule has 0 aromatic carbocycles. The van der Waals surface area contributed by atoms with Crippen LogP contribution in [0.3, 0.4) is 0 Å². The molecule has 0 amide bonds. The van der Waals surface area contributed by atoms with Gasteiger partial charge in [-0.2, -0.15) is 5.26 Å². The van der Waals surface area contributed by atoms with E-state index in [-0.39, 0.29) is 0 Å². The number of piperidine rings is 1. The van der Waals surface area contributed by atoms with Crippen LogP contribution in [-0.4, -0.2) is 34.8 Å². The Labute approximate surface area is 107 Å². The zero-order chi connectivity index (χ0) is 12.8. The Bertz CT molecular complexity index is 404. The predicted molar refractivity (Wildman–Crippen MR) is 68.0 cm³/mol. The van der Waals surface area contributed by atoms with E-state index in [9.17, 15) is 0 Å². The molecule has 0 unspecified atom stereocenters. The van der Waals surface area contributed by atoms with Gasteiger partial charge in [0, 0.05) is 19.7 Å². The van der Waals surface area contributed by atoms with Crippen molar-refractivity contribution in [1.82, 2.24) is 9.97 Å². The van der Waals surface area contributed by atoms with E-state index in [2.05, 4.69) is 14.9 Å². The first-order chi connectivity index (χ1) is 8.83. The molecule has 2 rings (SSSR count). The molecule has 96 valence electrons. The maximum absolute atomic E-state index is 8.82. The quantitative estimate of drug-likeness (QED) is 0.867. The first-order valence-corrected chi connectivity index (χ1v) is 6.41. The Morgan fingerprint density at radius 2 is 2.00 bits per heavy atom. The molecule has 0 atom stereocenters. The normalized spacial score (nSPS) is 16.6. The Morgan fingerprint density at radius 1 is 1.33 bits per heavy atom. The lowest BCUT2D eigenvalue weighted by Crippen LogP contribution is -2.34. The summed E-state index contributed by atoms with van der Waals surface area (Å²) >= 11 is 0. The number of nitriles is 1. The summed E-state index contributed by atoms with van der Waals surface area (Å²) in [5.41, 5.74) is 0.497. The minimum absolute atomic E-state index is 0.291. The molecule has 5 nitrogen and oxygen atoms in total. The molecular weight excluding hydrogens is 228 g/mol. The molecule has 0 bridgehead atoms. The highest BCUT2D eigenvalue weighted by molar-refractivity contribution is 5.33. The van der Waals surface area contributed by atoms with Crippen LogP contribution in [0.2, 0.25) is 0 Å². The Kier molecular flexibility index (Phi) is 4.48. The number of aromatic nitrogens is 2. The van der Waals surface area contributed by atoms with E-state index in [1.807, 2.05) is 6.07 Å². The second-order valence-corrected chi connectivity index (χ2v) is 4.68. The highest BCUT2D eigenvalue weighted by atomic mass is 16.2. The first kappa shape index (κ1) is 12.8. The van der Waals surface area contributed by atoms with Crippen molar-refractivity contribution in [3.8, 4) is 6.07 Å². The third-order valence-electron chi connectivity index (χ3n) is 3.44. The van der Waals surface area contributed by atoms with Crippen LogP contribution in [0, 0.1) is 17.2 Å². The van der Waals surface area contributed by atoms with Gasteiger partial charge in [-0.05, 0) is 31.6 Å². The van der Waals surface area contributed by atoms with Crippen molar-refractivity contribution in [2.24, 2.45) is 5.92 Å². The summed E-state index contributed by atoms with van der Waals surface area (Å²) in [6, 6.07) is 2.02. The molecule has 18 heavy (non-hydrogen) atoms. The fraction of sp³-hybridized carbons (Fsp3) is 0.615. The van der Waals surface area contributed by atoms with Crippen LogP contribution in [0.5, 0.6) is 0 Å². The molecule has 0 spiro atoms. The fourth-order valence-corrected chi connectivity index (χ4v) is 2.34. The highest BCUT2D eigenvalue weighted by Gasteiger charge is 2.20. The number of aliphatic hydroxyl groups is 1. The number of hydrogen-bond acceptors (Lipinski definition) is 5. The van der Waals surface area contributed by atoms with Gasteiger partial charge in [-0.25, -0.2) is 9.97 Å². The van der Waals surface area contributed by atoms with Crippen LogP contribution in [0.4, 0.5) is 5.95 Å². The lowest BCUT2D eigenvalue weighted by molar-refractivity contribution is 0.261. The van der Waals surface area contributed by atoms with Crippen molar-refractivity contribution >= 4 is 5.95 Å². The van der Waals surface area contributed by atoms with Crippen LogP contribution in [0.25, 0.3) is 0 Å². The van der Waals surface area contributed by atoms with Gasteiger partial charge in [0.2, 0.25) is 5.95 Å². The van der Waals surface area contributed by atoms with E-state index in [0.717, 1.165) is 44.7 Å². The van der Waals surface area contributed by atoms with Gasteiger partial charge in [0.05, 0.1) is 18.0 Å². The molecular formula is C13H18N4O. The molecule has 1 aliphatic rings. The number of aliphatic hydroxyl groups excluding tert-OH is 1. The summed E-state index contributed by atoms with van der Waals surface area (Å²) in [6.45, 7) is 2.21. The van der Waals surface area contributed by atoms with E-state index in [1.54, 1.807) is 12.4 Å². The Balaban J connectivity index is 1.87. The summed E-state index contributed by atoms with van der Waals surface area (Å²) in [5, 5.41) is 17.5. The third-order valence-corrected chi connectivity index (χ3v) is 3.44. The molecule has 1 N–H and O–H groups in total. The summed E-state index contributed by atoms with van der Waals surface area (Å²) in [7, 11) is 0. The molecule has 1 aromatic heterocycles. The van der Waals surface area contributed by atoms with Gasteiger partial charge in [0.25, 0.3) is 0 Å². The second kappa shape index (κ2) is 6.31. The van der Waals surface area contributed by atoms with Gasteiger partial charge < -0.3 is 10.0 Å². The number of anilines is 1. The summed E-state index contributed by atoms with van der Waals surface area (Å²) in [5.74, 6) is 1.43. The van der Waals surface area contributed by atoms with Gasteiger partial charge in [0.1, 0.15) is 6.07 Å². The average molecular weight is 246 g/mol. The van der Waals surface area contributed by atoms with E-state index in [1.165, 1.54) is 0 Å². The van der Waals surface area contributed by atoms with Gasteiger partial charge >= 0.3 is 0 Å². The van der Waals surface area contributed by atoms with Crippen molar-refractivity contribution in [2.75, 3.05) is 24.6 Å². The third kappa shape index (κ3) is 3.17. The number of hydrogen-bond donors (Lipinski definition) is 1. The molecule has 2 heterocycles. The van der Waals surface area contributed by atoms with Crippen molar-refractivity contribution in [3.05, 3.63) is 18.0 Å². The maximum atomic E-state index is 8.82. The topological polar surface area (TPSA) is 73.0 Å². The molecule has 1 aromatic rings. The lowest BCUT2D eigenvalue weighted by atomic mass is 9.92. The van der Waals surface area contributed by atoms with Crippen molar-refractivity contribution in [2.45, 2.75) is 25.7 Å². The molecule has 1 aliphatic heterocycles. The smallest absolute Gasteiger partial charge is 0.225 e. The Hall–Kier alpha value is -1.67. The number of rotatable bonds is 4. The van der Waals surface area contributed by atoms with Gasteiger partial charge in [-0.15, -0.1) is 0 Å². The van der Waals surface area contributed by atoms with E-state index in [4.69, 9.17) is 10.4 Å². The predicted octanol–water partition coefficient (Wildman–Crippen LogP) is 1.34. The average Bonchev–Trinajstić information content (AvgIpc) is 2.46. The van der Waals surface area contributed by atoms with Crippen molar-refractivity contribution in [1.29, 1.82) is 5.26 Å². The molecule has 1 saturated heterocycles. The van der Waals surface area contributed by atoms with Crippen LogP contribution in [0.1, 0.15) is 31.2 Å².